The van der Waals surface area contributed by atoms with Gasteiger partial charge >= 0.3 is 6.01 Å². The summed E-state index contributed by atoms with van der Waals surface area (Å²) in [6.07, 6.45) is 4.80. The lowest BCUT2D eigenvalue weighted by atomic mass is 9.80. The minimum absolute atomic E-state index is 0.287. The van der Waals surface area contributed by atoms with E-state index in [1.54, 1.807) is 6.92 Å². The first-order valence-electron chi connectivity index (χ1n) is 5.94. The third-order valence-electron chi connectivity index (χ3n) is 3.34. The average molecular weight is 225 g/mol. The maximum atomic E-state index is 9.28. The SMILES string of the molecule is Cc1noc(NCC2CCCCC2CO)n1. The molecule has 1 aromatic heterocycles. The number of aliphatic hydroxyl groups is 1. The van der Waals surface area contributed by atoms with Crippen LogP contribution >= 0.6 is 0 Å². The molecular weight excluding hydrogens is 206 g/mol. The van der Waals surface area contributed by atoms with Crippen LogP contribution in [0.1, 0.15) is 31.5 Å². The molecule has 1 saturated carbocycles. The Kier molecular flexibility index (Phi) is 3.77. The van der Waals surface area contributed by atoms with Gasteiger partial charge in [-0.15, -0.1) is 0 Å². The first kappa shape index (κ1) is 11.4. The molecular formula is C11H19N3O2. The molecule has 90 valence electrons. The van der Waals surface area contributed by atoms with Gasteiger partial charge in [-0.1, -0.05) is 18.0 Å². The lowest BCUT2D eigenvalue weighted by Gasteiger charge is -2.29. The van der Waals surface area contributed by atoms with Gasteiger partial charge in [0.1, 0.15) is 0 Å². The summed E-state index contributed by atoms with van der Waals surface area (Å²) in [6, 6.07) is 0.486. The number of anilines is 1. The lowest BCUT2D eigenvalue weighted by molar-refractivity contribution is 0.140. The zero-order chi connectivity index (χ0) is 11.4. The Bertz CT molecular complexity index is 327. The molecule has 0 aromatic carbocycles. The Labute approximate surface area is 95.2 Å². The second-order valence-corrected chi connectivity index (χ2v) is 4.51. The van der Waals surface area contributed by atoms with Crippen LogP contribution in [-0.2, 0) is 0 Å². The van der Waals surface area contributed by atoms with Gasteiger partial charge in [0.25, 0.3) is 0 Å². The number of aryl methyl sites for hydroxylation is 1. The van der Waals surface area contributed by atoms with E-state index in [0.717, 1.165) is 13.0 Å². The molecule has 0 aliphatic heterocycles. The first-order valence-corrected chi connectivity index (χ1v) is 5.94. The zero-order valence-electron chi connectivity index (χ0n) is 9.65. The van der Waals surface area contributed by atoms with Crippen LogP contribution in [-0.4, -0.2) is 28.4 Å². The van der Waals surface area contributed by atoms with Crippen molar-refractivity contribution in [3.63, 3.8) is 0 Å². The van der Waals surface area contributed by atoms with E-state index in [1.807, 2.05) is 0 Å². The Hall–Kier alpha value is -1.10. The fourth-order valence-corrected chi connectivity index (χ4v) is 2.38. The molecule has 1 aromatic rings. The van der Waals surface area contributed by atoms with Crippen molar-refractivity contribution in [3.8, 4) is 0 Å². The van der Waals surface area contributed by atoms with Crippen molar-refractivity contribution < 1.29 is 9.63 Å². The van der Waals surface area contributed by atoms with Crippen LogP contribution in [0, 0.1) is 18.8 Å². The monoisotopic (exact) mass is 225 g/mol. The highest BCUT2D eigenvalue weighted by Gasteiger charge is 2.24. The minimum Gasteiger partial charge on any atom is -0.396 e. The fourth-order valence-electron chi connectivity index (χ4n) is 2.38. The van der Waals surface area contributed by atoms with Crippen LogP contribution in [0.25, 0.3) is 0 Å². The van der Waals surface area contributed by atoms with E-state index in [4.69, 9.17) is 4.52 Å². The molecule has 1 fully saturated rings. The molecule has 2 atom stereocenters. The minimum atomic E-state index is 0.287. The molecule has 1 aliphatic rings. The van der Waals surface area contributed by atoms with E-state index in [0.29, 0.717) is 23.7 Å². The third kappa shape index (κ3) is 2.72. The zero-order valence-corrected chi connectivity index (χ0v) is 9.65. The van der Waals surface area contributed by atoms with Crippen LogP contribution in [0.2, 0.25) is 0 Å². The number of rotatable bonds is 4. The normalized spacial score (nSPS) is 25.6. The standard InChI is InChI=1S/C11H19N3O2/c1-8-13-11(16-14-8)12-6-9-4-2-3-5-10(9)7-15/h9-10,15H,2-7H2,1H3,(H,12,13,14). The van der Waals surface area contributed by atoms with Gasteiger partial charge in [0.15, 0.2) is 5.82 Å². The third-order valence-corrected chi connectivity index (χ3v) is 3.34. The number of hydrogen-bond donors (Lipinski definition) is 2. The quantitative estimate of drug-likeness (QED) is 0.814. The predicted molar refractivity (Wildman–Crippen MR) is 60.1 cm³/mol. The molecule has 0 radical (unpaired) electrons. The summed E-state index contributed by atoms with van der Waals surface area (Å²) < 4.78 is 4.99. The van der Waals surface area contributed by atoms with Crippen LogP contribution < -0.4 is 5.32 Å². The molecule has 2 unspecified atom stereocenters. The number of nitrogens with one attached hydrogen (secondary N) is 1. The maximum absolute atomic E-state index is 9.28. The summed E-state index contributed by atoms with van der Waals surface area (Å²) in [5, 5.41) is 16.2. The Morgan fingerprint density at radius 3 is 2.75 bits per heavy atom. The second kappa shape index (κ2) is 5.30. The maximum Gasteiger partial charge on any atom is 0.321 e. The molecule has 0 saturated heterocycles. The van der Waals surface area contributed by atoms with Crippen molar-refractivity contribution in [1.82, 2.24) is 10.1 Å². The van der Waals surface area contributed by atoms with E-state index < -0.39 is 0 Å². The molecule has 2 N–H and O–H groups in total. The highest BCUT2D eigenvalue weighted by Crippen LogP contribution is 2.29. The topological polar surface area (TPSA) is 71.2 Å². The van der Waals surface area contributed by atoms with E-state index in [1.165, 1.54) is 19.3 Å². The summed E-state index contributed by atoms with van der Waals surface area (Å²) in [4.78, 5) is 4.09. The molecule has 1 heterocycles. The predicted octanol–water partition coefficient (Wildman–Crippen LogP) is 1.59. The van der Waals surface area contributed by atoms with Crippen LogP contribution in [0.4, 0.5) is 6.01 Å². The largest absolute Gasteiger partial charge is 0.396 e. The van der Waals surface area contributed by atoms with Gasteiger partial charge in [0.05, 0.1) is 0 Å². The smallest absolute Gasteiger partial charge is 0.321 e. The van der Waals surface area contributed by atoms with Crippen molar-refractivity contribution in [2.24, 2.45) is 11.8 Å². The van der Waals surface area contributed by atoms with Crippen molar-refractivity contribution >= 4 is 6.01 Å². The van der Waals surface area contributed by atoms with E-state index >= 15 is 0 Å². The van der Waals surface area contributed by atoms with Gasteiger partial charge in [-0.3, -0.25) is 0 Å². The molecule has 2 rings (SSSR count). The summed E-state index contributed by atoms with van der Waals surface area (Å²) in [7, 11) is 0. The fraction of sp³-hybridized carbons (Fsp3) is 0.818. The molecule has 16 heavy (non-hydrogen) atoms. The number of aliphatic hydroxyl groups excluding tert-OH is 1. The summed E-state index contributed by atoms with van der Waals surface area (Å²) in [6.45, 7) is 2.90. The Morgan fingerprint density at radius 1 is 1.38 bits per heavy atom. The Balaban J connectivity index is 1.84. The molecule has 5 heteroatoms. The average Bonchev–Trinajstić information content (AvgIpc) is 2.73. The molecule has 5 nitrogen and oxygen atoms in total. The van der Waals surface area contributed by atoms with Gasteiger partial charge < -0.3 is 14.9 Å². The van der Waals surface area contributed by atoms with Gasteiger partial charge in [-0.2, -0.15) is 4.98 Å². The van der Waals surface area contributed by atoms with Crippen LogP contribution in [0.15, 0.2) is 4.52 Å². The van der Waals surface area contributed by atoms with Crippen molar-refractivity contribution in [3.05, 3.63) is 5.82 Å². The second-order valence-electron chi connectivity index (χ2n) is 4.51. The van der Waals surface area contributed by atoms with Crippen molar-refractivity contribution in [1.29, 1.82) is 0 Å². The van der Waals surface area contributed by atoms with E-state index in [-0.39, 0.29) is 6.61 Å². The summed E-state index contributed by atoms with van der Waals surface area (Å²) in [5.74, 6) is 1.58. The molecule has 0 bridgehead atoms. The summed E-state index contributed by atoms with van der Waals surface area (Å²) >= 11 is 0. The molecule has 1 aliphatic carbocycles. The number of nitrogens with zero attached hydrogens (tertiary/aromatic N) is 2. The highest BCUT2D eigenvalue weighted by atomic mass is 16.5. The number of hydrogen-bond acceptors (Lipinski definition) is 5. The van der Waals surface area contributed by atoms with Gasteiger partial charge in [-0.05, 0) is 31.6 Å². The van der Waals surface area contributed by atoms with Crippen molar-refractivity contribution in [2.75, 3.05) is 18.5 Å². The van der Waals surface area contributed by atoms with Gasteiger partial charge in [-0.25, -0.2) is 0 Å². The summed E-state index contributed by atoms with van der Waals surface area (Å²) in [5.41, 5.74) is 0. The number of aromatic nitrogens is 2. The highest BCUT2D eigenvalue weighted by molar-refractivity contribution is 5.17. The van der Waals surface area contributed by atoms with Crippen LogP contribution in [0.5, 0.6) is 0 Å². The van der Waals surface area contributed by atoms with Crippen LogP contribution in [0.3, 0.4) is 0 Å². The Morgan fingerprint density at radius 2 is 2.12 bits per heavy atom. The van der Waals surface area contributed by atoms with Gasteiger partial charge in [0.2, 0.25) is 0 Å². The molecule has 0 amide bonds. The molecule has 0 spiro atoms. The lowest BCUT2D eigenvalue weighted by Crippen LogP contribution is -2.28. The van der Waals surface area contributed by atoms with Crippen molar-refractivity contribution in [2.45, 2.75) is 32.6 Å². The van der Waals surface area contributed by atoms with Gasteiger partial charge in [0, 0.05) is 13.2 Å². The van der Waals surface area contributed by atoms with E-state index in [9.17, 15) is 5.11 Å². The first-order chi connectivity index (χ1) is 7.79. The van der Waals surface area contributed by atoms with E-state index in [2.05, 4.69) is 15.5 Å².